The molecule has 1 amide bonds. The number of ether oxygens (including phenoxy) is 1. The van der Waals surface area contributed by atoms with Crippen molar-refractivity contribution >= 4 is 22.2 Å². The third-order valence-corrected chi connectivity index (χ3v) is 5.52. The molecule has 0 heterocycles. The lowest BCUT2D eigenvalue weighted by molar-refractivity contribution is -0.123. The Labute approximate surface area is 181 Å². The van der Waals surface area contributed by atoms with Crippen LogP contribution < -0.4 is 14.3 Å². The van der Waals surface area contributed by atoms with Gasteiger partial charge in [-0.15, -0.1) is 0 Å². The summed E-state index contributed by atoms with van der Waals surface area (Å²) in [5.41, 5.74) is 4.59. The molecule has 0 aliphatic heterocycles. The van der Waals surface area contributed by atoms with Gasteiger partial charge < -0.3 is 8.92 Å². The van der Waals surface area contributed by atoms with Crippen molar-refractivity contribution in [2.45, 2.75) is 18.7 Å². The van der Waals surface area contributed by atoms with E-state index in [9.17, 15) is 13.2 Å². The standard InChI is InChI=1S/C23H22N2O5S/c1-17-11-13-20(14-12-17)31(27,28)30-22-10-6-4-8-19(22)15-24-25-23(26)16-29-21-9-5-3-7-18(21)2/h3-15H,16H2,1-2H3,(H,25,26)/b24-15-. The van der Waals surface area contributed by atoms with E-state index in [1.165, 1.54) is 24.4 Å². The number of rotatable bonds is 8. The predicted molar refractivity (Wildman–Crippen MR) is 118 cm³/mol. The summed E-state index contributed by atoms with van der Waals surface area (Å²) in [6.45, 7) is 3.54. The highest BCUT2D eigenvalue weighted by Crippen LogP contribution is 2.22. The molecule has 3 aromatic carbocycles. The van der Waals surface area contributed by atoms with Crippen LogP contribution in [0.1, 0.15) is 16.7 Å². The number of nitrogens with zero attached hydrogens (tertiary/aromatic N) is 1. The third kappa shape index (κ3) is 6.16. The summed E-state index contributed by atoms with van der Waals surface area (Å²) in [4.78, 5) is 12.0. The Kier molecular flexibility index (Phi) is 7.04. The van der Waals surface area contributed by atoms with Gasteiger partial charge >= 0.3 is 10.1 Å². The molecule has 3 aromatic rings. The number of nitrogens with one attached hydrogen (secondary N) is 1. The fraction of sp³-hybridized carbons (Fsp3) is 0.130. The van der Waals surface area contributed by atoms with Gasteiger partial charge in [-0.3, -0.25) is 4.79 Å². The number of hydrogen-bond donors (Lipinski definition) is 1. The monoisotopic (exact) mass is 438 g/mol. The van der Waals surface area contributed by atoms with Crippen LogP contribution in [0.4, 0.5) is 0 Å². The second-order valence-electron chi connectivity index (χ2n) is 6.74. The van der Waals surface area contributed by atoms with Gasteiger partial charge in [0, 0.05) is 5.56 Å². The van der Waals surface area contributed by atoms with Crippen LogP contribution in [0, 0.1) is 13.8 Å². The zero-order valence-electron chi connectivity index (χ0n) is 17.1. The van der Waals surface area contributed by atoms with Gasteiger partial charge in [0.25, 0.3) is 5.91 Å². The van der Waals surface area contributed by atoms with E-state index in [1.54, 1.807) is 36.4 Å². The van der Waals surface area contributed by atoms with Gasteiger partial charge in [0.15, 0.2) is 12.4 Å². The van der Waals surface area contributed by atoms with Gasteiger partial charge in [-0.25, -0.2) is 5.43 Å². The zero-order valence-corrected chi connectivity index (χ0v) is 17.9. The summed E-state index contributed by atoms with van der Waals surface area (Å²) >= 11 is 0. The van der Waals surface area contributed by atoms with Gasteiger partial charge in [-0.1, -0.05) is 48.0 Å². The van der Waals surface area contributed by atoms with E-state index in [-0.39, 0.29) is 17.3 Å². The van der Waals surface area contributed by atoms with Crippen LogP contribution >= 0.6 is 0 Å². The van der Waals surface area contributed by atoms with Crippen molar-refractivity contribution in [3.8, 4) is 11.5 Å². The zero-order chi connectivity index (χ0) is 22.3. The van der Waals surface area contributed by atoms with Gasteiger partial charge in [0.2, 0.25) is 0 Å². The molecule has 0 aromatic heterocycles. The fourth-order valence-corrected chi connectivity index (χ4v) is 3.56. The number of hydrogen-bond acceptors (Lipinski definition) is 6. The van der Waals surface area contributed by atoms with Crippen LogP contribution in [0.25, 0.3) is 0 Å². The molecule has 0 aliphatic rings. The first-order valence-corrected chi connectivity index (χ1v) is 10.9. The Morgan fingerprint density at radius 1 is 0.935 bits per heavy atom. The molecule has 0 atom stereocenters. The highest BCUT2D eigenvalue weighted by atomic mass is 32.2. The average Bonchev–Trinajstić information content (AvgIpc) is 2.74. The van der Waals surface area contributed by atoms with E-state index >= 15 is 0 Å². The molecule has 0 bridgehead atoms. The third-order valence-electron chi connectivity index (χ3n) is 4.27. The van der Waals surface area contributed by atoms with Crippen molar-refractivity contribution in [3.05, 3.63) is 89.5 Å². The molecule has 31 heavy (non-hydrogen) atoms. The van der Waals surface area contributed by atoms with Crippen molar-refractivity contribution in [1.82, 2.24) is 5.43 Å². The van der Waals surface area contributed by atoms with Crippen LogP contribution in [0.15, 0.2) is 82.8 Å². The van der Waals surface area contributed by atoms with Crippen molar-refractivity contribution in [2.24, 2.45) is 5.10 Å². The van der Waals surface area contributed by atoms with E-state index in [4.69, 9.17) is 8.92 Å². The van der Waals surface area contributed by atoms with Crippen LogP contribution in [0.2, 0.25) is 0 Å². The van der Waals surface area contributed by atoms with Crippen molar-refractivity contribution in [3.63, 3.8) is 0 Å². The molecule has 0 fully saturated rings. The van der Waals surface area contributed by atoms with Gasteiger partial charge in [0.1, 0.15) is 10.6 Å². The second-order valence-corrected chi connectivity index (χ2v) is 8.28. The Morgan fingerprint density at radius 3 is 2.29 bits per heavy atom. The van der Waals surface area contributed by atoms with E-state index < -0.39 is 16.0 Å². The molecule has 160 valence electrons. The summed E-state index contributed by atoms with van der Waals surface area (Å²) in [5.74, 6) is 0.254. The number of amides is 1. The molecule has 3 rings (SSSR count). The van der Waals surface area contributed by atoms with Crippen molar-refractivity contribution in [1.29, 1.82) is 0 Å². The summed E-state index contributed by atoms with van der Waals surface area (Å²) in [6.07, 6.45) is 1.31. The van der Waals surface area contributed by atoms with Crippen LogP contribution in [0.3, 0.4) is 0 Å². The molecule has 0 radical (unpaired) electrons. The van der Waals surface area contributed by atoms with Crippen LogP contribution in [-0.4, -0.2) is 27.1 Å². The molecule has 0 saturated carbocycles. The van der Waals surface area contributed by atoms with Gasteiger partial charge in [0.05, 0.1) is 6.21 Å². The molecule has 0 spiro atoms. The summed E-state index contributed by atoms with van der Waals surface area (Å²) < 4.78 is 35.8. The minimum absolute atomic E-state index is 0.0477. The Morgan fingerprint density at radius 2 is 1.58 bits per heavy atom. The Balaban J connectivity index is 1.63. The number of aryl methyl sites for hydroxylation is 2. The lowest BCUT2D eigenvalue weighted by Crippen LogP contribution is -2.24. The number of para-hydroxylation sites is 2. The normalized spacial score (nSPS) is 11.3. The Bertz CT molecular complexity index is 1190. The lowest BCUT2D eigenvalue weighted by atomic mass is 10.2. The molecule has 0 saturated heterocycles. The van der Waals surface area contributed by atoms with Gasteiger partial charge in [-0.2, -0.15) is 13.5 Å². The van der Waals surface area contributed by atoms with Crippen molar-refractivity contribution in [2.75, 3.05) is 6.61 Å². The first-order chi connectivity index (χ1) is 14.8. The number of carbonyl (C=O) groups excluding carboxylic acids is 1. The molecular formula is C23H22N2O5S. The molecule has 1 N–H and O–H groups in total. The van der Waals surface area contributed by atoms with Crippen LogP contribution in [0.5, 0.6) is 11.5 Å². The fourth-order valence-electron chi connectivity index (χ4n) is 2.60. The van der Waals surface area contributed by atoms with E-state index in [1.807, 2.05) is 32.0 Å². The Hall–Kier alpha value is -3.65. The predicted octanol–water partition coefficient (Wildman–Crippen LogP) is 3.60. The number of hydrazone groups is 1. The summed E-state index contributed by atoms with van der Waals surface area (Å²) in [7, 11) is -4.01. The maximum absolute atomic E-state index is 12.5. The summed E-state index contributed by atoms with van der Waals surface area (Å²) in [5, 5.41) is 3.87. The maximum Gasteiger partial charge on any atom is 0.339 e. The van der Waals surface area contributed by atoms with E-state index in [0.29, 0.717) is 11.3 Å². The topological polar surface area (TPSA) is 94.1 Å². The average molecular weight is 439 g/mol. The smallest absolute Gasteiger partial charge is 0.339 e. The lowest BCUT2D eigenvalue weighted by Gasteiger charge is -2.09. The van der Waals surface area contributed by atoms with E-state index in [2.05, 4.69) is 10.5 Å². The van der Waals surface area contributed by atoms with Gasteiger partial charge in [-0.05, 0) is 49.7 Å². The SMILES string of the molecule is Cc1ccc(S(=O)(=O)Oc2ccccc2/C=N\NC(=O)COc2ccccc2C)cc1. The highest BCUT2D eigenvalue weighted by molar-refractivity contribution is 7.87. The maximum atomic E-state index is 12.5. The molecule has 0 unspecified atom stereocenters. The quantitative estimate of drug-likeness (QED) is 0.329. The highest BCUT2D eigenvalue weighted by Gasteiger charge is 2.17. The minimum Gasteiger partial charge on any atom is -0.483 e. The minimum atomic E-state index is -4.01. The first kappa shape index (κ1) is 22.0. The second kappa shape index (κ2) is 9.90. The molecule has 8 heteroatoms. The first-order valence-electron chi connectivity index (χ1n) is 9.46. The molecule has 7 nitrogen and oxygen atoms in total. The number of benzene rings is 3. The largest absolute Gasteiger partial charge is 0.483 e. The van der Waals surface area contributed by atoms with Crippen LogP contribution in [-0.2, 0) is 14.9 Å². The summed E-state index contributed by atoms with van der Waals surface area (Å²) in [6, 6.07) is 20.2. The molecule has 0 aliphatic carbocycles. The molecular weight excluding hydrogens is 416 g/mol. The van der Waals surface area contributed by atoms with Crippen molar-refractivity contribution < 1.29 is 22.1 Å². The number of carbonyl (C=O) groups is 1. The van der Waals surface area contributed by atoms with E-state index in [0.717, 1.165) is 11.1 Å².